The van der Waals surface area contributed by atoms with Crippen LogP contribution < -0.4 is 15.2 Å². The van der Waals surface area contributed by atoms with Crippen molar-refractivity contribution >= 4 is 0 Å². The number of aromatic amines is 1. The van der Waals surface area contributed by atoms with Gasteiger partial charge < -0.3 is 15.2 Å². The largest absolute Gasteiger partial charge is 0.497 e. The first-order chi connectivity index (χ1) is 11.6. The molecule has 124 valence electrons. The fourth-order valence-electron chi connectivity index (χ4n) is 2.93. The number of ether oxygens (including phenoxy) is 2. The lowest BCUT2D eigenvalue weighted by Crippen LogP contribution is -2.22. The van der Waals surface area contributed by atoms with Crippen molar-refractivity contribution in [3.05, 3.63) is 52.3 Å². The average molecular weight is 328 g/mol. The molecule has 1 aromatic carbocycles. The van der Waals surface area contributed by atoms with E-state index in [2.05, 4.69) is 10.2 Å². The van der Waals surface area contributed by atoms with Crippen LogP contribution in [0.3, 0.4) is 0 Å². The van der Waals surface area contributed by atoms with E-state index in [0.29, 0.717) is 23.3 Å². The molecule has 0 saturated heterocycles. The summed E-state index contributed by atoms with van der Waals surface area (Å²) in [5, 5.41) is 16.6. The van der Waals surface area contributed by atoms with E-state index in [0.717, 1.165) is 12.1 Å². The summed E-state index contributed by atoms with van der Waals surface area (Å²) in [4.78, 5) is 0. The zero-order valence-electron chi connectivity index (χ0n) is 13.4. The Kier molecular flexibility index (Phi) is 4.13. The summed E-state index contributed by atoms with van der Waals surface area (Å²) in [6.07, 6.45) is 1.56. The number of nitrogens with zero attached hydrogens (tertiary/aromatic N) is 2. The summed E-state index contributed by atoms with van der Waals surface area (Å²) in [7, 11) is 1.50. The highest BCUT2D eigenvalue weighted by molar-refractivity contribution is 5.56. The Morgan fingerprint density at radius 3 is 2.96 bits per heavy atom. The highest BCUT2D eigenvalue weighted by atomic mass is 19.1. The molecule has 0 aliphatic carbocycles. The molecule has 0 amide bonds. The van der Waals surface area contributed by atoms with Crippen molar-refractivity contribution < 1.29 is 13.9 Å². The molecule has 1 aromatic heterocycles. The normalized spacial score (nSPS) is 16.3. The minimum Gasteiger partial charge on any atom is -0.497 e. The zero-order valence-corrected chi connectivity index (χ0v) is 13.4. The van der Waals surface area contributed by atoms with Crippen molar-refractivity contribution in [2.24, 2.45) is 5.73 Å². The number of fused-ring (bicyclic) bond motifs is 1. The van der Waals surface area contributed by atoms with E-state index in [1.54, 1.807) is 6.07 Å². The fraction of sp³-hybridized carbons (Fsp3) is 0.294. The van der Waals surface area contributed by atoms with E-state index < -0.39 is 11.7 Å². The number of aryl methyl sites for hydroxylation is 1. The number of nitrogens with one attached hydrogen (secondary N) is 1. The number of halogens is 1. The van der Waals surface area contributed by atoms with Gasteiger partial charge in [0.2, 0.25) is 11.8 Å². The number of nitrogens with two attached hydrogens (primary N) is 1. The van der Waals surface area contributed by atoms with Crippen molar-refractivity contribution in [1.82, 2.24) is 10.2 Å². The molecular formula is C17H17FN4O2. The van der Waals surface area contributed by atoms with Gasteiger partial charge in [-0.25, -0.2) is 4.39 Å². The van der Waals surface area contributed by atoms with Gasteiger partial charge in [-0.05, 0) is 24.6 Å². The summed E-state index contributed by atoms with van der Waals surface area (Å²) in [5.41, 5.74) is 7.78. The molecule has 0 unspecified atom stereocenters. The maximum Gasteiger partial charge on any atom is 0.244 e. The summed E-state index contributed by atoms with van der Waals surface area (Å²) >= 11 is 0. The number of hydrogen-bond acceptors (Lipinski definition) is 5. The van der Waals surface area contributed by atoms with Crippen molar-refractivity contribution in [2.45, 2.75) is 25.7 Å². The number of H-pyrrole nitrogens is 1. The molecule has 1 aliphatic rings. The number of methoxy groups -OCH3 is 1. The highest BCUT2D eigenvalue weighted by Gasteiger charge is 2.36. The molecule has 7 heteroatoms. The van der Waals surface area contributed by atoms with E-state index >= 15 is 0 Å². The van der Waals surface area contributed by atoms with Gasteiger partial charge in [0, 0.05) is 11.3 Å². The molecule has 3 N–H and O–H groups in total. The van der Waals surface area contributed by atoms with Crippen LogP contribution in [0.25, 0.3) is 0 Å². The molecule has 24 heavy (non-hydrogen) atoms. The highest BCUT2D eigenvalue weighted by Crippen LogP contribution is 2.44. The molecule has 2 heterocycles. The second-order valence-electron chi connectivity index (χ2n) is 5.48. The minimum absolute atomic E-state index is 0.0632. The van der Waals surface area contributed by atoms with Crippen LogP contribution >= 0.6 is 0 Å². The smallest absolute Gasteiger partial charge is 0.244 e. The Balaban J connectivity index is 2.25. The summed E-state index contributed by atoms with van der Waals surface area (Å²) in [5.74, 6) is -0.420. The minimum atomic E-state index is -0.686. The molecule has 6 nitrogen and oxygen atoms in total. The van der Waals surface area contributed by atoms with E-state index in [1.807, 2.05) is 13.0 Å². The van der Waals surface area contributed by atoms with Gasteiger partial charge in [-0.2, -0.15) is 5.26 Å². The molecular weight excluding hydrogens is 311 g/mol. The predicted molar refractivity (Wildman–Crippen MR) is 84.8 cm³/mol. The molecule has 0 spiro atoms. The first-order valence-electron chi connectivity index (χ1n) is 7.58. The van der Waals surface area contributed by atoms with Crippen molar-refractivity contribution in [2.75, 3.05) is 7.11 Å². The third-order valence-corrected chi connectivity index (χ3v) is 4.03. The van der Waals surface area contributed by atoms with Crippen LogP contribution in [-0.2, 0) is 6.42 Å². The van der Waals surface area contributed by atoms with E-state index in [4.69, 9.17) is 15.2 Å². The van der Waals surface area contributed by atoms with Gasteiger partial charge >= 0.3 is 0 Å². The molecule has 0 bridgehead atoms. The number of allylic oxidation sites excluding steroid dienone is 1. The fourth-order valence-corrected chi connectivity index (χ4v) is 2.93. The first kappa shape index (κ1) is 15.9. The first-order valence-corrected chi connectivity index (χ1v) is 7.58. The van der Waals surface area contributed by atoms with E-state index in [9.17, 15) is 9.65 Å². The predicted octanol–water partition coefficient (Wildman–Crippen LogP) is 2.73. The van der Waals surface area contributed by atoms with Crippen LogP contribution in [0.2, 0.25) is 0 Å². The van der Waals surface area contributed by atoms with Crippen molar-refractivity contribution in [1.29, 1.82) is 5.26 Å². The molecule has 1 atom stereocenters. The quantitative estimate of drug-likeness (QED) is 0.899. The molecule has 0 saturated carbocycles. The van der Waals surface area contributed by atoms with Crippen LogP contribution in [-0.4, -0.2) is 17.3 Å². The zero-order chi connectivity index (χ0) is 17.3. The second kappa shape index (κ2) is 6.24. The summed E-state index contributed by atoms with van der Waals surface area (Å²) in [6.45, 7) is 2.02. The maximum atomic E-state index is 14.5. The Labute approximate surface area is 138 Å². The number of aromatic nitrogens is 2. The van der Waals surface area contributed by atoms with Crippen LogP contribution in [0.1, 0.15) is 36.1 Å². The Bertz CT molecular complexity index is 851. The lowest BCUT2D eigenvalue weighted by atomic mass is 9.83. The second-order valence-corrected chi connectivity index (χ2v) is 5.48. The molecule has 1 aliphatic heterocycles. The summed E-state index contributed by atoms with van der Waals surface area (Å²) < 4.78 is 25.2. The Morgan fingerprint density at radius 2 is 2.29 bits per heavy atom. The van der Waals surface area contributed by atoms with Crippen LogP contribution in [0.4, 0.5) is 4.39 Å². The molecule has 2 aromatic rings. The third-order valence-electron chi connectivity index (χ3n) is 4.03. The molecule has 0 fully saturated rings. The van der Waals surface area contributed by atoms with E-state index in [-0.39, 0.29) is 17.3 Å². The number of nitriles is 1. The molecule has 3 rings (SSSR count). The van der Waals surface area contributed by atoms with Gasteiger partial charge in [0.25, 0.3) is 0 Å². The Hall–Kier alpha value is -3.01. The standard InChI is InChI=1S/C17H17FN4O2/c1-3-4-13-15-14(10-7-9(23-2)5-6-12(10)18)11(8-19)16(20)24-17(15)22-21-13/h5-7,14H,3-4,20H2,1-2H3,(H,21,22)/t14-/m1/s1. The van der Waals surface area contributed by atoms with Gasteiger partial charge in [0.1, 0.15) is 23.2 Å². The van der Waals surface area contributed by atoms with Crippen molar-refractivity contribution in [3.63, 3.8) is 0 Å². The lowest BCUT2D eigenvalue weighted by molar-refractivity contribution is 0.377. The Morgan fingerprint density at radius 1 is 1.50 bits per heavy atom. The number of hydrogen-bond donors (Lipinski definition) is 2. The van der Waals surface area contributed by atoms with Crippen LogP contribution in [0.5, 0.6) is 11.6 Å². The lowest BCUT2D eigenvalue weighted by Gasteiger charge is -2.24. The monoisotopic (exact) mass is 328 g/mol. The van der Waals surface area contributed by atoms with Gasteiger partial charge in [-0.15, -0.1) is 5.10 Å². The van der Waals surface area contributed by atoms with Crippen molar-refractivity contribution in [3.8, 4) is 17.7 Å². The average Bonchev–Trinajstić information content (AvgIpc) is 2.97. The third kappa shape index (κ3) is 2.46. The summed E-state index contributed by atoms with van der Waals surface area (Å²) in [6, 6.07) is 6.46. The van der Waals surface area contributed by atoms with Crippen LogP contribution in [0.15, 0.2) is 29.7 Å². The maximum absolute atomic E-state index is 14.5. The van der Waals surface area contributed by atoms with Gasteiger partial charge in [-0.1, -0.05) is 13.3 Å². The topological polar surface area (TPSA) is 97.0 Å². The van der Waals surface area contributed by atoms with Gasteiger partial charge in [0.15, 0.2) is 0 Å². The SMILES string of the molecule is CCCc1[nH]nc2c1[C@H](c1cc(OC)ccc1F)C(C#N)=C(N)O2. The van der Waals surface area contributed by atoms with E-state index in [1.165, 1.54) is 19.2 Å². The van der Waals surface area contributed by atoms with Crippen LogP contribution in [0, 0.1) is 17.1 Å². The molecule has 0 radical (unpaired) electrons. The number of benzene rings is 1. The number of rotatable bonds is 4. The van der Waals surface area contributed by atoms with Gasteiger partial charge in [-0.3, -0.25) is 5.10 Å². The van der Waals surface area contributed by atoms with Gasteiger partial charge in [0.05, 0.1) is 18.6 Å².